The Labute approximate surface area is 184 Å². The van der Waals surface area contributed by atoms with Gasteiger partial charge < -0.3 is 14.2 Å². The summed E-state index contributed by atoms with van der Waals surface area (Å²) in [7, 11) is 0. The van der Waals surface area contributed by atoms with Gasteiger partial charge in [0.05, 0.1) is 19.6 Å². The minimum Gasteiger partial charge on any atom is -0.494 e. The Balaban J connectivity index is 1.27. The van der Waals surface area contributed by atoms with Gasteiger partial charge in [0, 0.05) is 49.2 Å². The number of nitrogens with zero attached hydrogens (tertiary/aromatic N) is 3. The number of hydrogen-bond donors (Lipinski definition) is 0. The van der Waals surface area contributed by atoms with Crippen molar-refractivity contribution in [3.63, 3.8) is 0 Å². The number of ketones is 1. The van der Waals surface area contributed by atoms with Crippen molar-refractivity contribution in [2.75, 3.05) is 39.3 Å². The number of piperazine rings is 1. The number of benzene rings is 1. The van der Waals surface area contributed by atoms with E-state index in [0.29, 0.717) is 38.7 Å². The van der Waals surface area contributed by atoms with Crippen molar-refractivity contribution in [1.82, 2.24) is 14.4 Å². The van der Waals surface area contributed by atoms with Crippen LogP contribution in [0.25, 0.3) is 0 Å². The number of Topliss-reactive ketones (excluding diaryl/α,β-unsaturated/α-hetero) is 1. The lowest BCUT2D eigenvalue weighted by atomic mass is 10.1. The zero-order valence-electron chi connectivity index (χ0n) is 18.9. The van der Waals surface area contributed by atoms with E-state index in [9.17, 15) is 9.59 Å². The molecule has 0 N–H and O–H groups in total. The van der Waals surface area contributed by atoms with Crippen molar-refractivity contribution in [1.29, 1.82) is 0 Å². The third-order valence-corrected chi connectivity index (χ3v) is 6.38. The summed E-state index contributed by atoms with van der Waals surface area (Å²) in [5.41, 5.74) is 4.15. The van der Waals surface area contributed by atoms with E-state index >= 15 is 0 Å². The summed E-state index contributed by atoms with van der Waals surface area (Å²) in [5, 5.41) is 0. The summed E-state index contributed by atoms with van der Waals surface area (Å²) in [6.45, 7) is 10.00. The third-order valence-electron chi connectivity index (χ3n) is 6.38. The molecule has 0 radical (unpaired) electrons. The van der Waals surface area contributed by atoms with E-state index in [1.165, 1.54) is 18.5 Å². The Morgan fingerprint density at radius 2 is 1.71 bits per heavy atom. The van der Waals surface area contributed by atoms with Crippen LogP contribution in [0.4, 0.5) is 0 Å². The predicted molar refractivity (Wildman–Crippen MR) is 121 cm³/mol. The number of carbonyl (C=O) groups is 2. The lowest BCUT2D eigenvalue weighted by molar-refractivity contribution is -0.132. The predicted octanol–water partition coefficient (Wildman–Crippen LogP) is 3.41. The van der Waals surface area contributed by atoms with Gasteiger partial charge >= 0.3 is 0 Å². The Morgan fingerprint density at radius 3 is 2.32 bits per heavy atom. The second kappa shape index (κ2) is 9.27. The molecule has 1 aromatic carbocycles. The zero-order chi connectivity index (χ0) is 22.0. The molecule has 2 heterocycles. The van der Waals surface area contributed by atoms with E-state index in [0.717, 1.165) is 35.7 Å². The molecular formula is C25H33N3O3. The average molecular weight is 424 g/mol. The lowest BCUT2D eigenvalue weighted by Gasteiger charge is -2.34. The van der Waals surface area contributed by atoms with Gasteiger partial charge in [0.1, 0.15) is 5.75 Å². The van der Waals surface area contributed by atoms with Gasteiger partial charge in [-0.25, -0.2) is 0 Å². The molecule has 2 fully saturated rings. The smallest absolute Gasteiger partial charge is 0.227 e. The highest BCUT2D eigenvalue weighted by molar-refractivity contribution is 5.99. The van der Waals surface area contributed by atoms with Crippen LogP contribution in [0.2, 0.25) is 0 Å². The van der Waals surface area contributed by atoms with E-state index in [4.69, 9.17) is 4.74 Å². The van der Waals surface area contributed by atoms with Crippen LogP contribution in [-0.2, 0) is 11.2 Å². The first-order chi connectivity index (χ1) is 15.0. The van der Waals surface area contributed by atoms with Crippen LogP contribution in [0.3, 0.4) is 0 Å². The first-order valence-electron chi connectivity index (χ1n) is 11.4. The van der Waals surface area contributed by atoms with Gasteiger partial charge in [0.2, 0.25) is 5.91 Å². The molecule has 4 rings (SSSR count). The van der Waals surface area contributed by atoms with Gasteiger partial charge in [-0.1, -0.05) is 12.1 Å². The molecule has 6 nitrogen and oxygen atoms in total. The molecule has 1 saturated carbocycles. The second-order valence-electron chi connectivity index (χ2n) is 8.72. The van der Waals surface area contributed by atoms with Crippen molar-refractivity contribution >= 4 is 11.7 Å². The second-order valence-corrected chi connectivity index (χ2v) is 8.72. The number of aromatic nitrogens is 1. The zero-order valence-corrected chi connectivity index (χ0v) is 18.9. The molecule has 2 aromatic rings. The molecule has 1 aliphatic carbocycles. The maximum atomic E-state index is 12.9. The van der Waals surface area contributed by atoms with E-state index in [-0.39, 0.29) is 11.7 Å². The van der Waals surface area contributed by atoms with E-state index < -0.39 is 0 Å². The average Bonchev–Trinajstić information content (AvgIpc) is 3.54. The molecule has 1 aliphatic heterocycles. The number of rotatable bonds is 8. The Hall–Kier alpha value is -2.60. The number of carbonyl (C=O) groups excluding carboxylic acids is 2. The maximum absolute atomic E-state index is 12.9. The van der Waals surface area contributed by atoms with Crippen LogP contribution in [0, 0.1) is 13.8 Å². The van der Waals surface area contributed by atoms with Crippen molar-refractivity contribution in [2.24, 2.45) is 0 Å². The number of aryl methyl sites for hydroxylation is 1. The molecule has 6 heteroatoms. The molecule has 0 bridgehead atoms. The van der Waals surface area contributed by atoms with Gasteiger partial charge in [-0.05, 0) is 57.4 Å². The highest BCUT2D eigenvalue weighted by Gasteiger charge is 2.29. The fourth-order valence-corrected chi connectivity index (χ4v) is 4.55. The molecule has 1 aromatic heterocycles. The van der Waals surface area contributed by atoms with Crippen molar-refractivity contribution < 1.29 is 14.3 Å². The Morgan fingerprint density at radius 1 is 1.03 bits per heavy atom. The lowest BCUT2D eigenvalue weighted by Crippen LogP contribution is -2.50. The van der Waals surface area contributed by atoms with Crippen LogP contribution in [-0.4, -0.2) is 65.4 Å². The van der Waals surface area contributed by atoms with E-state index in [1.54, 1.807) is 0 Å². The van der Waals surface area contributed by atoms with Crippen molar-refractivity contribution in [3.05, 3.63) is 52.8 Å². The topological polar surface area (TPSA) is 54.8 Å². The van der Waals surface area contributed by atoms with Crippen LogP contribution >= 0.6 is 0 Å². The minimum atomic E-state index is 0.142. The van der Waals surface area contributed by atoms with Crippen LogP contribution in [0.15, 0.2) is 30.3 Å². The standard InChI is InChI=1S/C25H33N3O3/c1-4-31-22-9-5-20(6-10-22)16-25(30)27-13-11-26(12-14-27)17-24(29)23-15-18(2)28(19(23)3)21-7-8-21/h5-6,9-10,15,21H,4,7-8,11-14,16-17H2,1-3H3. The summed E-state index contributed by atoms with van der Waals surface area (Å²) < 4.78 is 7.78. The monoisotopic (exact) mass is 423 g/mol. The van der Waals surface area contributed by atoms with E-state index in [1.807, 2.05) is 42.2 Å². The first-order valence-corrected chi connectivity index (χ1v) is 11.4. The molecule has 1 amide bonds. The van der Waals surface area contributed by atoms with Crippen molar-refractivity contribution in [3.8, 4) is 5.75 Å². The Kier molecular flexibility index (Phi) is 6.46. The Bertz CT molecular complexity index is 936. The normalized spacial score (nSPS) is 17.1. The van der Waals surface area contributed by atoms with E-state index in [2.05, 4.69) is 23.3 Å². The molecule has 0 unspecified atom stereocenters. The van der Waals surface area contributed by atoms with Crippen LogP contribution in [0.1, 0.15) is 53.1 Å². The SMILES string of the molecule is CCOc1ccc(CC(=O)N2CCN(CC(=O)c3cc(C)n(C4CC4)c3C)CC2)cc1. The van der Waals surface area contributed by atoms with Crippen LogP contribution in [0.5, 0.6) is 5.75 Å². The fourth-order valence-electron chi connectivity index (χ4n) is 4.55. The number of ether oxygens (including phenoxy) is 1. The van der Waals surface area contributed by atoms with Crippen molar-refractivity contribution in [2.45, 2.75) is 46.1 Å². The minimum absolute atomic E-state index is 0.142. The molecule has 1 saturated heterocycles. The maximum Gasteiger partial charge on any atom is 0.227 e. The summed E-state index contributed by atoms with van der Waals surface area (Å²) in [4.78, 5) is 29.7. The molecule has 31 heavy (non-hydrogen) atoms. The number of hydrogen-bond acceptors (Lipinski definition) is 4. The highest BCUT2D eigenvalue weighted by Crippen LogP contribution is 2.38. The molecule has 0 spiro atoms. The third kappa shape index (κ3) is 5.01. The number of amides is 1. The quantitative estimate of drug-likeness (QED) is 0.611. The summed E-state index contributed by atoms with van der Waals surface area (Å²) in [5.74, 6) is 1.16. The molecule has 2 aliphatic rings. The van der Waals surface area contributed by atoms with Gasteiger partial charge in [-0.2, -0.15) is 0 Å². The summed E-state index contributed by atoms with van der Waals surface area (Å²) in [6.07, 6.45) is 2.84. The van der Waals surface area contributed by atoms with Gasteiger partial charge in [-0.3, -0.25) is 14.5 Å². The molecule has 166 valence electrons. The fraction of sp³-hybridized carbons (Fsp3) is 0.520. The van der Waals surface area contributed by atoms with Gasteiger partial charge in [0.15, 0.2) is 5.78 Å². The first kappa shape index (κ1) is 21.6. The summed E-state index contributed by atoms with van der Waals surface area (Å²) in [6, 6.07) is 10.4. The molecule has 0 atom stereocenters. The highest BCUT2D eigenvalue weighted by atomic mass is 16.5. The van der Waals surface area contributed by atoms with Crippen LogP contribution < -0.4 is 4.74 Å². The largest absolute Gasteiger partial charge is 0.494 e. The van der Waals surface area contributed by atoms with Gasteiger partial charge in [0.25, 0.3) is 0 Å². The molecular weight excluding hydrogens is 390 g/mol. The van der Waals surface area contributed by atoms with Gasteiger partial charge in [-0.15, -0.1) is 0 Å². The summed E-state index contributed by atoms with van der Waals surface area (Å²) >= 11 is 0.